The Hall–Kier alpha value is -3.48. The molecule has 0 atom stereocenters. The first-order valence-electron chi connectivity index (χ1n) is 8.89. The van der Waals surface area contributed by atoms with Crippen molar-refractivity contribution in [3.63, 3.8) is 0 Å². The van der Waals surface area contributed by atoms with E-state index < -0.39 is 11.7 Å². The molecule has 4 nitrogen and oxygen atoms in total. The SMILES string of the molecule is COc1cccc(Nc2cc3c(cn2)cc(-c2cccc(C(F)(F)F)c2)n3C)c1. The number of nitrogens with one attached hydrogen (secondary N) is 1. The van der Waals surface area contributed by atoms with Gasteiger partial charge in [0.15, 0.2) is 0 Å². The van der Waals surface area contributed by atoms with E-state index in [0.29, 0.717) is 17.1 Å². The number of hydrogen-bond acceptors (Lipinski definition) is 3. The number of alkyl halides is 3. The maximum Gasteiger partial charge on any atom is 0.416 e. The van der Waals surface area contributed by atoms with Gasteiger partial charge in [-0.25, -0.2) is 4.98 Å². The lowest BCUT2D eigenvalue weighted by Crippen LogP contribution is -2.04. The van der Waals surface area contributed by atoms with Crippen LogP contribution in [0.25, 0.3) is 22.2 Å². The Bertz CT molecular complexity index is 1180. The number of ether oxygens (including phenoxy) is 1. The molecule has 0 amide bonds. The largest absolute Gasteiger partial charge is 0.497 e. The van der Waals surface area contributed by atoms with Gasteiger partial charge in [-0.05, 0) is 35.9 Å². The van der Waals surface area contributed by atoms with Gasteiger partial charge in [0.1, 0.15) is 11.6 Å². The third kappa shape index (κ3) is 3.76. The fraction of sp³-hybridized carbons (Fsp3) is 0.136. The molecule has 2 aromatic heterocycles. The molecule has 1 N–H and O–H groups in total. The number of nitrogens with zero attached hydrogens (tertiary/aromatic N) is 2. The van der Waals surface area contributed by atoms with Crippen molar-refractivity contribution in [3.05, 3.63) is 72.4 Å². The predicted molar refractivity (Wildman–Crippen MR) is 107 cm³/mol. The number of benzene rings is 2. The second-order valence-electron chi connectivity index (χ2n) is 6.65. The second kappa shape index (κ2) is 7.16. The Morgan fingerprint density at radius 2 is 1.79 bits per heavy atom. The van der Waals surface area contributed by atoms with Gasteiger partial charge in [0.25, 0.3) is 0 Å². The van der Waals surface area contributed by atoms with Crippen LogP contribution >= 0.6 is 0 Å². The third-order valence-corrected chi connectivity index (χ3v) is 4.75. The molecule has 4 aromatic rings. The highest BCUT2D eigenvalue weighted by molar-refractivity contribution is 5.88. The molecule has 0 aliphatic rings. The van der Waals surface area contributed by atoms with Crippen molar-refractivity contribution < 1.29 is 17.9 Å². The van der Waals surface area contributed by atoms with Crippen molar-refractivity contribution in [2.75, 3.05) is 12.4 Å². The molecule has 0 spiro atoms. The van der Waals surface area contributed by atoms with Gasteiger partial charge >= 0.3 is 6.18 Å². The van der Waals surface area contributed by atoms with E-state index in [2.05, 4.69) is 10.3 Å². The number of rotatable bonds is 4. The van der Waals surface area contributed by atoms with E-state index in [0.717, 1.165) is 34.5 Å². The molecule has 0 saturated carbocycles. The van der Waals surface area contributed by atoms with Crippen LogP contribution < -0.4 is 10.1 Å². The number of aromatic nitrogens is 2. The number of pyridine rings is 1. The first-order chi connectivity index (χ1) is 13.8. The van der Waals surface area contributed by atoms with Crippen LogP contribution in [0.4, 0.5) is 24.7 Å². The van der Waals surface area contributed by atoms with Crippen LogP contribution in [0.1, 0.15) is 5.56 Å². The van der Waals surface area contributed by atoms with E-state index in [4.69, 9.17) is 4.74 Å². The van der Waals surface area contributed by atoms with Gasteiger partial charge in [-0.15, -0.1) is 0 Å². The van der Waals surface area contributed by atoms with Crippen LogP contribution in [0.5, 0.6) is 5.75 Å². The quantitative estimate of drug-likeness (QED) is 0.458. The molecule has 0 bridgehead atoms. The highest BCUT2D eigenvalue weighted by atomic mass is 19.4. The molecule has 0 aliphatic heterocycles. The highest BCUT2D eigenvalue weighted by Gasteiger charge is 2.30. The molecule has 2 heterocycles. The predicted octanol–water partition coefficient (Wildman–Crippen LogP) is 6.01. The van der Waals surface area contributed by atoms with Crippen LogP contribution in [0.15, 0.2) is 66.9 Å². The first kappa shape index (κ1) is 18.9. The van der Waals surface area contributed by atoms with Crippen molar-refractivity contribution in [2.45, 2.75) is 6.18 Å². The summed E-state index contributed by atoms with van der Waals surface area (Å²) in [5, 5.41) is 4.07. The van der Waals surface area contributed by atoms with Gasteiger partial charge in [-0.1, -0.05) is 18.2 Å². The average molecular weight is 397 g/mol. The normalized spacial score (nSPS) is 11.6. The van der Waals surface area contributed by atoms with Crippen molar-refractivity contribution in [1.29, 1.82) is 0 Å². The molecule has 0 unspecified atom stereocenters. The number of fused-ring (bicyclic) bond motifs is 1. The Balaban J connectivity index is 1.71. The molecule has 4 rings (SSSR count). The maximum atomic E-state index is 13.1. The lowest BCUT2D eigenvalue weighted by Gasteiger charge is -2.10. The summed E-state index contributed by atoms with van der Waals surface area (Å²) in [5.41, 5.74) is 2.20. The van der Waals surface area contributed by atoms with Gasteiger partial charge in [0.2, 0.25) is 0 Å². The zero-order valence-corrected chi connectivity index (χ0v) is 15.8. The topological polar surface area (TPSA) is 39.1 Å². The summed E-state index contributed by atoms with van der Waals surface area (Å²) in [6, 6.07) is 16.5. The molecule has 0 radical (unpaired) electrons. The Kier molecular flexibility index (Phi) is 4.66. The van der Waals surface area contributed by atoms with E-state index >= 15 is 0 Å². The monoisotopic (exact) mass is 397 g/mol. The summed E-state index contributed by atoms with van der Waals surface area (Å²) in [6.45, 7) is 0. The van der Waals surface area contributed by atoms with E-state index in [1.807, 2.05) is 48.0 Å². The fourth-order valence-corrected chi connectivity index (χ4v) is 3.28. The standard InChI is InChI=1S/C22H18F3N3O/c1-28-19(14-5-3-6-16(9-14)22(23,24)25)10-15-13-26-21(12-20(15)28)27-17-7-4-8-18(11-17)29-2/h3-13H,1-2H3,(H,26,27). The van der Waals surface area contributed by atoms with Crippen LogP contribution in [-0.4, -0.2) is 16.7 Å². The average Bonchev–Trinajstić information content (AvgIpc) is 3.04. The Morgan fingerprint density at radius 3 is 2.55 bits per heavy atom. The van der Waals surface area contributed by atoms with Gasteiger partial charge in [-0.3, -0.25) is 0 Å². The van der Waals surface area contributed by atoms with E-state index in [9.17, 15) is 13.2 Å². The van der Waals surface area contributed by atoms with E-state index in [-0.39, 0.29) is 0 Å². The van der Waals surface area contributed by atoms with Gasteiger partial charge in [0.05, 0.1) is 18.2 Å². The zero-order valence-electron chi connectivity index (χ0n) is 15.8. The van der Waals surface area contributed by atoms with Crippen molar-refractivity contribution in [3.8, 4) is 17.0 Å². The maximum absolute atomic E-state index is 13.1. The third-order valence-electron chi connectivity index (χ3n) is 4.75. The summed E-state index contributed by atoms with van der Waals surface area (Å²) < 4.78 is 46.3. The summed E-state index contributed by atoms with van der Waals surface area (Å²) in [4.78, 5) is 4.42. The Morgan fingerprint density at radius 1 is 1.00 bits per heavy atom. The number of halogens is 3. The lowest BCUT2D eigenvalue weighted by atomic mass is 10.1. The minimum atomic E-state index is -4.38. The molecule has 0 aliphatic carbocycles. The van der Waals surface area contributed by atoms with Crippen molar-refractivity contribution >= 4 is 22.4 Å². The number of methoxy groups -OCH3 is 1. The van der Waals surface area contributed by atoms with E-state index in [1.165, 1.54) is 6.07 Å². The molecule has 2 aromatic carbocycles. The molecule has 148 valence electrons. The summed E-state index contributed by atoms with van der Waals surface area (Å²) >= 11 is 0. The van der Waals surface area contributed by atoms with Gasteiger partial charge in [-0.2, -0.15) is 13.2 Å². The molecular formula is C22H18F3N3O. The van der Waals surface area contributed by atoms with Crippen molar-refractivity contribution in [1.82, 2.24) is 9.55 Å². The molecule has 0 saturated heterocycles. The van der Waals surface area contributed by atoms with Crippen LogP contribution in [0.3, 0.4) is 0 Å². The summed E-state index contributed by atoms with van der Waals surface area (Å²) in [7, 11) is 3.43. The second-order valence-corrected chi connectivity index (χ2v) is 6.65. The lowest BCUT2D eigenvalue weighted by molar-refractivity contribution is -0.137. The Labute approximate surface area is 165 Å². The number of anilines is 2. The number of hydrogen-bond donors (Lipinski definition) is 1. The van der Waals surface area contributed by atoms with Crippen LogP contribution in [0, 0.1) is 0 Å². The molecular weight excluding hydrogens is 379 g/mol. The first-order valence-corrected chi connectivity index (χ1v) is 8.89. The number of aryl methyl sites for hydroxylation is 1. The summed E-state index contributed by atoms with van der Waals surface area (Å²) in [6.07, 6.45) is -2.68. The van der Waals surface area contributed by atoms with E-state index in [1.54, 1.807) is 19.4 Å². The minimum absolute atomic E-state index is 0.501. The highest BCUT2D eigenvalue weighted by Crippen LogP contribution is 2.34. The van der Waals surface area contributed by atoms with Crippen LogP contribution in [-0.2, 0) is 13.2 Å². The summed E-state index contributed by atoms with van der Waals surface area (Å²) in [5.74, 6) is 1.35. The van der Waals surface area contributed by atoms with Crippen LogP contribution in [0.2, 0.25) is 0 Å². The fourth-order valence-electron chi connectivity index (χ4n) is 3.28. The molecule has 29 heavy (non-hydrogen) atoms. The van der Waals surface area contributed by atoms with Crippen molar-refractivity contribution in [2.24, 2.45) is 7.05 Å². The minimum Gasteiger partial charge on any atom is -0.497 e. The molecule has 7 heteroatoms. The smallest absolute Gasteiger partial charge is 0.416 e. The zero-order chi connectivity index (χ0) is 20.6. The van der Waals surface area contributed by atoms with Gasteiger partial charge < -0.3 is 14.6 Å². The molecule has 0 fully saturated rings. The van der Waals surface area contributed by atoms with Gasteiger partial charge in [0, 0.05) is 42.1 Å².